The number of rotatable bonds is 4. The molecule has 8 nitrogen and oxygen atoms in total. The van der Waals surface area contributed by atoms with Crippen LogP contribution >= 0.6 is 0 Å². The summed E-state index contributed by atoms with van der Waals surface area (Å²) in [4.78, 5) is 25.4. The van der Waals surface area contributed by atoms with Gasteiger partial charge in [-0.05, 0) is 45.4 Å². The van der Waals surface area contributed by atoms with Gasteiger partial charge in [-0.15, -0.1) is 0 Å². The highest BCUT2D eigenvalue weighted by atomic mass is 16.5. The van der Waals surface area contributed by atoms with Gasteiger partial charge in [-0.2, -0.15) is 4.98 Å². The van der Waals surface area contributed by atoms with Gasteiger partial charge in [0.15, 0.2) is 5.82 Å². The number of nitrogens with one attached hydrogen (secondary N) is 2. The lowest BCUT2D eigenvalue weighted by atomic mass is 10.2. The molecule has 0 bridgehead atoms. The van der Waals surface area contributed by atoms with Crippen molar-refractivity contribution in [2.24, 2.45) is 0 Å². The van der Waals surface area contributed by atoms with E-state index in [1.165, 1.54) is 0 Å². The summed E-state index contributed by atoms with van der Waals surface area (Å²) in [5.41, 5.74) is 3.93. The number of carbonyl (C=O) groups is 1. The summed E-state index contributed by atoms with van der Waals surface area (Å²) >= 11 is 0. The first kappa shape index (κ1) is 16.8. The SMILES string of the molecule is CC[C@@H](NC(=O)Nc1ccc2nc(C)c(C)nc2c1)c1nc(C)no1. The number of aromatic nitrogens is 4. The molecule has 2 N–H and O–H groups in total. The molecule has 0 saturated heterocycles. The van der Waals surface area contributed by atoms with Crippen molar-refractivity contribution < 1.29 is 9.32 Å². The van der Waals surface area contributed by atoms with E-state index < -0.39 is 0 Å². The maximum absolute atomic E-state index is 12.3. The molecule has 3 aromatic rings. The third kappa shape index (κ3) is 3.73. The molecule has 3 rings (SSSR count). The second-order valence-electron chi connectivity index (χ2n) is 5.84. The van der Waals surface area contributed by atoms with E-state index in [4.69, 9.17) is 4.52 Å². The number of urea groups is 1. The first-order chi connectivity index (χ1) is 12.0. The van der Waals surface area contributed by atoms with E-state index >= 15 is 0 Å². The lowest BCUT2D eigenvalue weighted by molar-refractivity contribution is 0.243. The summed E-state index contributed by atoms with van der Waals surface area (Å²) in [6.45, 7) is 7.50. The minimum atomic E-state index is -0.348. The number of amides is 2. The highest BCUT2D eigenvalue weighted by molar-refractivity contribution is 5.92. The van der Waals surface area contributed by atoms with Crippen molar-refractivity contribution in [1.29, 1.82) is 0 Å². The average Bonchev–Trinajstić information content (AvgIpc) is 3.00. The van der Waals surface area contributed by atoms with E-state index in [1.54, 1.807) is 19.1 Å². The van der Waals surface area contributed by atoms with Crippen molar-refractivity contribution in [3.8, 4) is 0 Å². The predicted octanol–water partition coefficient (Wildman–Crippen LogP) is 3.21. The van der Waals surface area contributed by atoms with E-state index in [0.29, 0.717) is 23.8 Å². The third-order valence-electron chi connectivity index (χ3n) is 3.89. The van der Waals surface area contributed by atoms with E-state index in [1.807, 2.05) is 26.8 Å². The lowest BCUT2D eigenvalue weighted by Gasteiger charge is -2.14. The van der Waals surface area contributed by atoms with Gasteiger partial charge in [-0.3, -0.25) is 0 Å². The normalized spacial score (nSPS) is 12.2. The Morgan fingerprint density at radius 1 is 1.12 bits per heavy atom. The number of fused-ring (bicyclic) bond motifs is 1. The third-order valence-corrected chi connectivity index (χ3v) is 3.89. The van der Waals surface area contributed by atoms with Crippen LogP contribution in [0.5, 0.6) is 0 Å². The molecule has 0 unspecified atom stereocenters. The lowest BCUT2D eigenvalue weighted by Crippen LogP contribution is -2.32. The minimum absolute atomic E-state index is 0.341. The molecule has 2 aromatic heterocycles. The van der Waals surface area contributed by atoms with Crippen molar-refractivity contribution in [1.82, 2.24) is 25.4 Å². The van der Waals surface area contributed by atoms with E-state index in [2.05, 4.69) is 30.7 Å². The quantitative estimate of drug-likeness (QED) is 0.755. The monoisotopic (exact) mass is 340 g/mol. The van der Waals surface area contributed by atoms with Crippen LogP contribution in [0.25, 0.3) is 11.0 Å². The fraction of sp³-hybridized carbons (Fsp3) is 0.353. The number of benzene rings is 1. The van der Waals surface area contributed by atoms with Crippen molar-refractivity contribution in [3.05, 3.63) is 41.3 Å². The highest BCUT2D eigenvalue weighted by Crippen LogP contribution is 2.18. The maximum atomic E-state index is 12.3. The Labute approximate surface area is 145 Å². The van der Waals surface area contributed by atoms with Gasteiger partial charge < -0.3 is 15.2 Å². The second-order valence-corrected chi connectivity index (χ2v) is 5.84. The van der Waals surface area contributed by atoms with Gasteiger partial charge >= 0.3 is 6.03 Å². The van der Waals surface area contributed by atoms with Crippen LogP contribution in [0.4, 0.5) is 10.5 Å². The summed E-state index contributed by atoms with van der Waals surface area (Å²) < 4.78 is 5.13. The van der Waals surface area contributed by atoms with Crippen LogP contribution in [-0.4, -0.2) is 26.1 Å². The molecule has 8 heteroatoms. The Bertz CT molecular complexity index is 921. The topological polar surface area (TPSA) is 106 Å². The molecule has 1 atom stereocenters. The van der Waals surface area contributed by atoms with Gasteiger partial charge in [0.25, 0.3) is 0 Å². The number of hydrogen-bond donors (Lipinski definition) is 2. The molecule has 130 valence electrons. The predicted molar refractivity (Wildman–Crippen MR) is 93.2 cm³/mol. The number of nitrogens with zero attached hydrogens (tertiary/aromatic N) is 4. The zero-order valence-electron chi connectivity index (χ0n) is 14.6. The number of aryl methyl sites for hydroxylation is 3. The molecule has 0 aliphatic carbocycles. The summed E-state index contributed by atoms with van der Waals surface area (Å²) in [5.74, 6) is 0.931. The molecule has 0 spiro atoms. The number of anilines is 1. The Morgan fingerprint density at radius 2 is 1.84 bits per heavy atom. The van der Waals surface area contributed by atoms with Crippen molar-refractivity contribution in [3.63, 3.8) is 0 Å². The smallest absolute Gasteiger partial charge is 0.319 e. The van der Waals surface area contributed by atoms with E-state index in [-0.39, 0.29) is 12.1 Å². The van der Waals surface area contributed by atoms with E-state index in [9.17, 15) is 4.79 Å². The first-order valence-electron chi connectivity index (χ1n) is 8.09. The summed E-state index contributed by atoms with van der Waals surface area (Å²) in [5, 5.41) is 9.39. The van der Waals surface area contributed by atoms with Crippen LogP contribution < -0.4 is 10.6 Å². The van der Waals surface area contributed by atoms with Gasteiger partial charge in [0, 0.05) is 5.69 Å². The van der Waals surface area contributed by atoms with Gasteiger partial charge in [0.1, 0.15) is 6.04 Å². The largest absolute Gasteiger partial charge is 0.337 e. The summed E-state index contributed by atoms with van der Waals surface area (Å²) in [6, 6.07) is 4.74. The van der Waals surface area contributed by atoms with Crippen LogP contribution in [0.15, 0.2) is 22.7 Å². The number of carbonyl (C=O) groups excluding carboxylic acids is 1. The molecule has 25 heavy (non-hydrogen) atoms. The fourth-order valence-corrected chi connectivity index (χ4v) is 2.43. The summed E-state index contributed by atoms with van der Waals surface area (Å²) in [7, 11) is 0. The van der Waals surface area contributed by atoms with Crippen molar-refractivity contribution >= 4 is 22.8 Å². The standard InChI is InChI=1S/C17H20N6O2/c1-5-13(16-20-11(4)23-25-16)22-17(24)21-12-6-7-14-15(8-12)19-10(3)9(2)18-14/h6-8,13H,5H2,1-4H3,(H2,21,22,24)/t13-/m1/s1. The summed E-state index contributed by atoms with van der Waals surface area (Å²) in [6.07, 6.45) is 0.636. The molecule has 2 heterocycles. The zero-order chi connectivity index (χ0) is 18.0. The molecule has 1 aromatic carbocycles. The maximum Gasteiger partial charge on any atom is 0.319 e. The van der Waals surface area contributed by atoms with E-state index in [0.717, 1.165) is 22.4 Å². The van der Waals surface area contributed by atoms with Gasteiger partial charge in [-0.1, -0.05) is 12.1 Å². The zero-order valence-corrected chi connectivity index (χ0v) is 14.6. The molecule has 0 aliphatic heterocycles. The Hall–Kier alpha value is -3.03. The highest BCUT2D eigenvalue weighted by Gasteiger charge is 2.18. The van der Waals surface area contributed by atoms with Crippen LogP contribution in [0.2, 0.25) is 0 Å². The molecule has 2 amide bonds. The van der Waals surface area contributed by atoms with Crippen molar-refractivity contribution in [2.45, 2.75) is 40.2 Å². The average molecular weight is 340 g/mol. The minimum Gasteiger partial charge on any atom is -0.337 e. The molecule has 0 radical (unpaired) electrons. The Morgan fingerprint density at radius 3 is 2.48 bits per heavy atom. The van der Waals surface area contributed by atoms with Crippen LogP contribution in [0.1, 0.15) is 42.5 Å². The molecular weight excluding hydrogens is 320 g/mol. The van der Waals surface area contributed by atoms with Gasteiger partial charge in [0.05, 0.1) is 22.4 Å². The fourth-order valence-electron chi connectivity index (χ4n) is 2.43. The van der Waals surface area contributed by atoms with Gasteiger partial charge in [-0.25, -0.2) is 14.8 Å². The first-order valence-corrected chi connectivity index (χ1v) is 8.09. The van der Waals surface area contributed by atoms with Gasteiger partial charge in [0.2, 0.25) is 5.89 Å². The molecular formula is C17H20N6O2. The molecule has 0 aliphatic rings. The second kappa shape index (κ2) is 6.84. The van der Waals surface area contributed by atoms with Crippen molar-refractivity contribution in [2.75, 3.05) is 5.32 Å². The van der Waals surface area contributed by atoms with Crippen LogP contribution in [0, 0.1) is 20.8 Å². The Kier molecular flexibility index (Phi) is 4.60. The van der Waals surface area contributed by atoms with Crippen LogP contribution in [0.3, 0.4) is 0 Å². The van der Waals surface area contributed by atoms with Crippen LogP contribution in [-0.2, 0) is 0 Å². The molecule has 0 saturated carbocycles. The molecule has 0 fully saturated rings. The number of hydrogen-bond acceptors (Lipinski definition) is 6. The Balaban J connectivity index is 1.73.